The highest BCUT2D eigenvalue weighted by molar-refractivity contribution is 6.42. The standard InChI is InChI=1S/C20H15Cl2N3O/c21-16-7-5-13(10-17(16)22)24-20(26)8-6-12-9-15-14-3-1-2-4-18(14)25-19(15)11-23-12/h1-5,7,9-11,25H,6,8H2,(H,24,26). The summed E-state index contributed by atoms with van der Waals surface area (Å²) in [6, 6.07) is 15.2. The van der Waals surface area contributed by atoms with Crippen LogP contribution in [0.25, 0.3) is 21.8 Å². The van der Waals surface area contributed by atoms with Crippen LogP contribution in [0.15, 0.2) is 54.7 Å². The van der Waals surface area contributed by atoms with E-state index >= 15 is 0 Å². The van der Waals surface area contributed by atoms with Crippen LogP contribution in [0.4, 0.5) is 5.69 Å². The van der Waals surface area contributed by atoms with E-state index in [4.69, 9.17) is 23.2 Å². The van der Waals surface area contributed by atoms with Crippen LogP contribution >= 0.6 is 23.2 Å². The monoisotopic (exact) mass is 383 g/mol. The number of pyridine rings is 1. The fourth-order valence-corrected chi connectivity index (χ4v) is 3.27. The molecule has 2 aromatic carbocycles. The van der Waals surface area contributed by atoms with E-state index in [0.29, 0.717) is 28.6 Å². The number of carbonyl (C=O) groups excluding carboxylic acids is 1. The normalized spacial score (nSPS) is 11.2. The molecule has 4 aromatic rings. The highest BCUT2D eigenvalue weighted by atomic mass is 35.5. The average Bonchev–Trinajstić information content (AvgIpc) is 3.01. The highest BCUT2D eigenvalue weighted by Crippen LogP contribution is 2.26. The topological polar surface area (TPSA) is 57.8 Å². The van der Waals surface area contributed by atoms with Crippen molar-refractivity contribution >= 4 is 56.6 Å². The number of rotatable bonds is 4. The highest BCUT2D eigenvalue weighted by Gasteiger charge is 2.08. The van der Waals surface area contributed by atoms with E-state index in [0.717, 1.165) is 27.5 Å². The predicted octanol–water partition coefficient (Wildman–Crippen LogP) is 5.59. The first-order chi connectivity index (χ1) is 12.6. The van der Waals surface area contributed by atoms with Gasteiger partial charge in [-0.15, -0.1) is 0 Å². The molecule has 26 heavy (non-hydrogen) atoms. The molecule has 0 radical (unpaired) electrons. The van der Waals surface area contributed by atoms with E-state index in [1.54, 1.807) is 18.2 Å². The lowest BCUT2D eigenvalue weighted by molar-refractivity contribution is -0.116. The van der Waals surface area contributed by atoms with Gasteiger partial charge in [0.15, 0.2) is 0 Å². The number of fused-ring (bicyclic) bond motifs is 3. The van der Waals surface area contributed by atoms with Crippen LogP contribution in [-0.4, -0.2) is 15.9 Å². The van der Waals surface area contributed by atoms with E-state index in [1.807, 2.05) is 30.5 Å². The molecule has 0 aliphatic rings. The van der Waals surface area contributed by atoms with Gasteiger partial charge in [0.05, 0.1) is 21.8 Å². The number of aromatic amines is 1. The zero-order chi connectivity index (χ0) is 18.1. The SMILES string of the molecule is O=C(CCc1cc2c(cn1)[nH]c1ccccc12)Nc1ccc(Cl)c(Cl)c1. The molecule has 2 N–H and O–H groups in total. The minimum Gasteiger partial charge on any atom is -0.353 e. The molecule has 2 aromatic heterocycles. The first kappa shape index (κ1) is 16.9. The molecule has 0 fully saturated rings. The molecule has 4 rings (SSSR count). The van der Waals surface area contributed by atoms with Gasteiger partial charge >= 0.3 is 0 Å². The van der Waals surface area contributed by atoms with E-state index in [-0.39, 0.29) is 5.91 Å². The number of anilines is 1. The minimum absolute atomic E-state index is 0.0933. The molecule has 2 heterocycles. The van der Waals surface area contributed by atoms with Gasteiger partial charge in [-0.25, -0.2) is 0 Å². The quantitative estimate of drug-likeness (QED) is 0.482. The summed E-state index contributed by atoms with van der Waals surface area (Å²) in [6.07, 6.45) is 2.71. The molecule has 4 nitrogen and oxygen atoms in total. The molecular weight excluding hydrogens is 369 g/mol. The Labute approximate surface area is 160 Å². The molecule has 1 amide bonds. The zero-order valence-electron chi connectivity index (χ0n) is 13.7. The molecule has 0 atom stereocenters. The van der Waals surface area contributed by atoms with Gasteiger partial charge in [0.25, 0.3) is 0 Å². The number of hydrogen-bond donors (Lipinski definition) is 2. The second kappa shape index (κ2) is 6.98. The molecule has 0 spiro atoms. The van der Waals surface area contributed by atoms with Crippen molar-refractivity contribution in [3.63, 3.8) is 0 Å². The van der Waals surface area contributed by atoms with Crippen molar-refractivity contribution in [1.29, 1.82) is 0 Å². The number of aryl methyl sites for hydroxylation is 1. The van der Waals surface area contributed by atoms with Gasteiger partial charge < -0.3 is 10.3 Å². The first-order valence-electron chi connectivity index (χ1n) is 8.20. The number of nitrogens with zero attached hydrogens (tertiary/aromatic N) is 1. The van der Waals surface area contributed by atoms with Crippen molar-refractivity contribution in [2.45, 2.75) is 12.8 Å². The molecule has 0 unspecified atom stereocenters. The summed E-state index contributed by atoms with van der Waals surface area (Å²) in [5.74, 6) is -0.0933. The zero-order valence-corrected chi connectivity index (χ0v) is 15.2. The van der Waals surface area contributed by atoms with Crippen molar-refractivity contribution < 1.29 is 4.79 Å². The lowest BCUT2D eigenvalue weighted by atomic mass is 10.1. The van der Waals surface area contributed by atoms with Gasteiger partial charge in [0.2, 0.25) is 5.91 Å². The van der Waals surface area contributed by atoms with Crippen molar-refractivity contribution in [3.8, 4) is 0 Å². The molecule has 6 heteroatoms. The number of nitrogens with one attached hydrogen (secondary N) is 2. The Balaban J connectivity index is 1.47. The van der Waals surface area contributed by atoms with E-state index in [2.05, 4.69) is 21.4 Å². The molecule has 0 saturated carbocycles. The number of amides is 1. The molecule has 0 saturated heterocycles. The van der Waals surface area contributed by atoms with E-state index in [1.165, 1.54) is 0 Å². The average molecular weight is 384 g/mol. The van der Waals surface area contributed by atoms with E-state index < -0.39 is 0 Å². The molecule has 0 bridgehead atoms. The van der Waals surface area contributed by atoms with Crippen LogP contribution in [0.2, 0.25) is 10.0 Å². The van der Waals surface area contributed by atoms with Gasteiger partial charge in [0.1, 0.15) is 0 Å². The van der Waals surface area contributed by atoms with Gasteiger partial charge in [0, 0.05) is 34.1 Å². The fraction of sp³-hybridized carbons (Fsp3) is 0.100. The number of benzene rings is 2. The fourth-order valence-electron chi connectivity index (χ4n) is 2.97. The maximum absolute atomic E-state index is 12.2. The lowest BCUT2D eigenvalue weighted by Gasteiger charge is -2.06. The maximum Gasteiger partial charge on any atom is 0.224 e. The van der Waals surface area contributed by atoms with Crippen LogP contribution in [-0.2, 0) is 11.2 Å². The summed E-state index contributed by atoms with van der Waals surface area (Å²) in [4.78, 5) is 20.0. The number of hydrogen-bond acceptors (Lipinski definition) is 2. The Morgan fingerprint density at radius 1 is 1.00 bits per heavy atom. The van der Waals surface area contributed by atoms with Crippen LogP contribution in [0.1, 0.15) is 12.1 Å². The smallest absolute Gasteiger partial charge is 0.224 e. The van der Waals surface area contributed by atoms with Crippen molar-refractivity contribution in [3.05, 3.63) is 70.5 Å². The van der Waals surface area contributed by atoms with Crippen molar-refractivity contribution in [2.24, 2.45) is 0 Å². The van der Waals surface area contributed by atoms with Crippen LogP contribution < -0.4 is 5.32 Å². The number of carbonyl (C=O) groups is 1. The van der Waals surface area contributed by atoms with E-state index in [9.17, 15) is 4.79 Å². The molecule has 0 aliphatic heterocycles. The third-order valence-corrected chi connectivity index (χ3v) is 5.00. The van der Waals surface area contributed by atoms with Crippen LogP contribution in [0.3, 0.4) is 0 Å². The molecule has 0 aliphatic carbocycles. The number of para-hydroxylation sites is 1. The lowest BCUT2D eigenvalue weighted by Crippen LogP contribution is -2.12. The summed E-state index contributed by atoms with van der Waals surface area (Å²) in [7, 11) is 0. The number of halogens is 2. The summed E-state index contributed by atoms with van der Waals surface area (Å²) in [6.45, 7) is 0. The van der Waals surface area contributed by atoms with Gasteiger partial charge in [-0.2, -0.15) is 0 Å². The minimum atomic E-state index is -0.0933. The Kier molecular flexibility index (Phi) is 4.53. The summed E-state index contributed by atoms with van der Waals surface area (Å²) in [5.41, 5.74) is 3.59. The number of aromatic nitrogens is 2. The third kappa shape index (κ3) is 3.39. The number of H-pyrrole nitrogens is 1. The summed E-state index contributed by atoms with van der Waals surface area (Å²) in [5, 5.41) is 5.98. The second-order valence-corrected chi connectivity index (χ2v) is 6.88. The first-order valence-corrected chi connectivity index (χ1v) is 8.96. The van der Waals surface area contributed by atoms with Gasteiger partial charge in [-0.3, -0.25) is 9.78 Å². The Morgan fingerprint density at radius 2 is 1.85 bits per heavy atom. The van der Waals surface area contributed by atoms with Crippen molar-refractivity contribution in [1.82, 2.24) is 9.97 Å². The largest absolute Gasteiger partial charge is 0.353 e. The Hall–Kier alpha value is -2.56. The second-order valence-electron chi connectivity index (χ2n) is 6.07. The Bertz CT molecular complexity index is 1120. The van der Waals surface area contributed by atoms with Gasteiger partial charge in [-0.05, 0) is 36.8 Å². The maximum atomic E-state index is 12.2. The molecular formula is C20H15Cl2N3O. The molecule has 130 valence electrons. The Morgan fingerprint density at radius 3 is 2.69 bits per heavy atom. The van der Waals surface area contributed by atoms with Crippen molar-refractivity contribution in [2.75, 3.05) is 5.32 Å². The summed E-state index contributed by atoms with van der Waals surface area (Å²) >= 11 is 11.8. The predicted molar refractivity (Wildman–Crippen MR) is 107 cm³/mol. The van der Waals surface area contributed by atoms with Crippen LogP contribution in [0.5, 0.6) is 0 Å². The van der Waals surface area contributed by atoms with Gasteiger partial charge in [-0.1, -0.05) is 41.4 Å². The van der Waals surface area contributed by atoms with Crippen LogP contribution in [0, 0.1) is 0 Å². The summed E-state index contributed by atoms with van der Waals surface area (Å²) < 4.78 is 0. The third-order valence-electron chi connectivity index (χ3n) is 4.26.